The van der Waals surface area contributed by atoms with Crippen LogP contribution >= 0.6 is 11.6 Å². The number of hydrogen-bond acceptors (Lipinski definition) is 8. The molecule has 1 aromatic heterocycles. The number of aryl methyl sites for hydroxylation is 1. The standard InChI is InChI=1S/C44H45ClN4O5/c1-27-33(8-6-10-36(27)37-11-7-9-35(28(37)2)31-12-14-38-32(17-31)13-15-40(38)49(4)5)25-54-42-19-41(53-24-30-16-29(20-46)21-47-22-30)34(18-39(42)45)23-48-44(3,26-50)43(51)52/h6-12,14,16-19,21-22,40,48,50H,13,15,23-26H2,1-5H3,(H,51,52)/t40-,44+/m1/s1. The SMILES string of the molecule is Cc1c(COc2cc(OCc3cncc(C#N)c3)c(CN[C@@](C)(CO)C(=O)O)cc2Cl)cccc1-c1cccc(-c2ccc3c(c2)CC[C@H]3N(C)C)c1C. The molecule has 6 rings (SSSR count). The summed E-state index contributed by atoms with van der Waals surface area (Å²) in [5.74, 6) is -0.408. The van der Waals surface area contributed by atoms with Gasteiger partial charge in [-0.05, 0) is 110 Å². The zero-order chi connectivity index (χ0) is 38.6. The summed E-state index contributed by atoms with van der Waals surface area (Å²) in [4.78, 5) is 18.3. The minimum atomic E-state index is -1.58. The Morgan fingerprint density at radius 3 is 2.41 bits per heavy atom. The lowest BCUT2D eigenvalue weighted by Gasteiger charge is -2.25. The number of carbonyl (C=O) groups is 1. The fourth-order valence-corrected chi connectivity index (χ4v) is 7.30. The lowest BCUT2D eigenvalue weighted by atomic mass is 9.89. The van der Waals surface area contributed by atoms with E-state index in [4.69, 9.17) is 21.1 Å². The van der Waals surface area contributed by atoms with E-state index in [0.29, 0.717) is 39.3 Å². The molecule has 0 spiro atoms. The molecule has 1 aliphatic rings. The zero-order valence-electron chi connectivity index (χ0n) is 31.2. The van der Waals surface area contributed by atoms with Crippen molar-refractivity contribution in [2.45, 2.75) is 65.0 Å². The Balaban J connectivity index is 1.25. The van der Waals surface area contributed by atoms with Crippen molar-refractivity contribution < 1.29 is 24.5 Å². The molecule has 4 aromatic carbocycles. The van der Waals surface area contributed by atoms with Gasteiger partial charge in [-0.1, -0.05) is 66.2 Å². The number of aromatic nitrogens is 1. The summed E-state index contributed by atoms with van der Waals surface area (Å²) in [6, 6.07) is 27.2. The number of nitrogens with zero attached hydrogens (tertiary/aromatic N) is 3. The highest BCUT2D eigenvalue weighted by molar-refractivity contribution is 6.32. The maximum Gasteiger partial charge on any atom is 0.326 e. The molecule has 0 radical (unpaired) electrons. The van der Waals surface area contributed by atoms with Crippen molar-refractivity contribution in [3.63, 3.8) is 0 Å². The van der Waals surface area contributed by atoms with Crippen LogP contribution in [0.1, 0.15) is 63.9 Å². The van der Waals surface area contributed by atoms with Crippen LogP contribution < -0.4 is 14.8 Å². The lowest BCUT2D eigenvalue weighted by Crippen LogP contribution is -2.52. The third-order valence-corrected chi connectivity index (χ3v) is 10.8. The number of nitrogens with one attached hydrogen (secondary N) is 1. The van der Waals surface area contributed by atoms with Gasteiger partial charge in [0.2, 0.25) is 0 Å². The van der Waals surface area contributed by atoms with Crippen molar-refractivity contribution >= 4 is 17.6 Å². The van der Waals surface area contributed by atoms with Gasteiger partial charge in [-0.25, -0.2) is 0 Å². The molecule has 3 N–H and O–H groups in total. The molecular weight excluding hydrogens is 700 g/mol. The predicted molar refractivity (Wildman–Crippen MR) is 211 cm³/mol. The topological polar surface area (TPSA) is 128 Å². The second kappa shape index (κ2) is 16.4. The number of aliphatic carboxylic acids is 1. The maximum atomic E-state index is 11.8. The first-order valence-corrected chi connectivity index (χ1v) is 18.3. The Bertz CT molecular complexity index is 2230. The van der Waals surface area contributed by atoms with Crippen molar-refractivity contribution in [1.82, 2.24) is 15.2 Å². The smallest absolute Gasteiger partial charge is 0.326 e. The van der Waals surface area contributed by atoms with Crippen LogP contribution in [0.2, 0.25) is 5.02 Å². The van der Waals surface area contributed by atoms with Gasteiger partial charge in [0.15, 0.2) is 0 Å². The molecule has 2 atom stereocenters. The Morgan fingerprint density at radius 1 is 0.963 bits per heavy atom. The third kappa shape index (κ3) is 8.13. The Morgan fingerprint density at radius 2 is 1.69 bits per heavy atom. The molecule has 0 fully saturated rings. The van der Waals surface area contributed by atoms with Gasteiger partial charge in [-0.3, -0.25) is 15.1 Å². The van der Waals surface area contributed by atoms with Gasteiger partial charge in [0.25, 0.3) is 0 Å². The summed E-state index contributed by atoms with van der Waals surface area (Å²) >= 11 is 6.77. The van der Waals surface area contributed by atoms with Crippen LogP contribution in [0.25, 0.3) is 22.3 Å². The van der Waals surface area contributed by atoms with Crippen molar-refractivity contribution in [2.75, 3.05) is 20.7 Å². The first-order valence-electron chi connectivity index (χ1n) is 17.9. The van der Waals surface area contributed by atoms with Crippen LogP contribution in [0.5, 0.6) is 11.5 Å². The minimum Gasteiger partial charge on any atom is -0.488 e. The summed E-state index contributed by atoms with van der Waals surface area (Å²) in [7, 11) is 4.30. The molecule has 278 valence electrons. The number of fused-ring (bicyclic) bond motifs is 1. The third-order valence-electron chi connectivity index (χ3n) is 10.5. The monoisotopic (exact) mass is 744 g/mol. The fourth-order valence-electron chi connectivity index (χ4n) is 7.06. The number of rotatable bonds is 14. The molecule has 10 heteroatoms. The molecule has 1 aliphatic carbocycles. The summed E-state index contributed by atoms with van der Waals surface area (Å²) in [6.45, 7) is 5.44. The summed E-state index contributed by atoms with van der Waals surface area (Å²) < 4.78 is 12.5. The largest absolute Gasteiger partial charge is 0.488 e. The van der Waals surface area contributed by atoms with E-state index in [9.17, 15) is 20.3 Å². The molecular formula is C44H45ClN4O5. The van der Waals surface area contributed by atoms with Crippen LogP contribution in [-0.4, -0.2) is 52.3 Å². The minimum absolute atomic E-state index is 0.0385. The van der Waals surface area contributed by atoms with Crippen molar-refractivity contribution in [3.8, 4) is 39.8 Å². The van der Waals surface area contributed by atoms with Crippen LogP contribution in [0.3, 0.4) is 0 Å². The summed E-state index contributed by atoms with van der Waals surface area (Å²) in [5.41, 5.74) is 11.0. The number of hydrogen-bond donors (Lipinski definition) is 3. The van der Waals surface area contributed by atoms with Crippen molar-refractivity contribution in [2.24, 2.45) is 0 Å². The number of nitriles is 1. The van der Waals surface area contributed by atoms with Crippen molar-refractivity contribution in [1.29, 1.82) is 5.26 Å². The van der Waals surface area contributed by atoms with E-state index in [1.54, 1.807) is 24.4 Å². The van der Waals surface area contributed by atoms with E-state index in [1.165, 1.54) is 40.9 Å². The molecule has 54 heavy (non-hydrogen) atoms. The van der Waals surface area contributed by atoms with Gasteiger partial charge >= 0.3 is 5.97 Å². The van der Waals surface area contributed by atoms with Gasteiger partial charge in [-0.15, -0.1) is 0 Å². The zero-order valence-corrected chi connectivity index (χ0v) is 32.0. The maximum absolute atomic E-state index is 11.8. The lowest BCUT2D eigenvalue weighted by molar-refractivity contribution is -0.145. The predicted octanol–water partition coefficient (Wildman–Crippen LogP) is 8.19. The van der Waals surface area contributed by atoms with Gasteiger partial charge < -0.3 is 24.6 Å². The molecule has 0 aliphatic heterocycles. The highest BCUT2D eigenvalue weighted by Crippen LogP contribution is 2.40. The summed E-state index contributed by atoms with van der Waals surface area (Å²) in [6.07, 6.45) is 5.31. The van der Waals surface area contributed by atoms with Gasteiger partial charge in [-0.2, -0.15) is 5.26 Å². The van der Waals surface area contributed by atoms with Crippen LogP contribution in [-0.2, 0) is 31.0 Å². The molecule has 5 aromatic rings. The first-order chi connectivity index (χ1) is 25.9. The van der Waals surface area contributed by atoms with Gasteiger partial charge in [0.1, 0.15) is 36.3 Å². The average molecular weight is 745 g/mol. The second-order valence-corrected chi connectivity index (χ2v) is 14.7. The van der Waals surface area contributed by atoms with Gasteiger partial charge in [0.05, 0.1) is 17.2 Å². The molecule has 0 unspecified atom stereocenters. The number of halogens is 1. The molecule has 0 saturated carbocycles. The van der Waals surface area contributed by atoms with Crippen LogP contribution in [0.15, 0.2) is 85.2 Å². The number of ether oxygens (including phenoxy) is 2. The van der Waals surface area contributed by atoms with E-state index >= 15 is 0 Å². The Labute approximate surface area is 321 Å². The Kier molecular flexibility index (Phi) is 11.7. The van der Waals surface area contributed by atoms with E-state index in [2.05, 4.69) is 91.7 Å². The number of aliphatic hydroxyl groups excluding tert-OH is 1. The number of carboxylic acid groups (broad SMARTS) is 1. The van der Waals surface area contributed by atoms with E-state index < -0.39 is 18.1 Å². The van der Waals surface area contributed by atoms with Crippen LogP contribution in [0, 0.1) is 25.2 Å². The van der Waals surface area contributed by atoms with E-state index in [0.717, 1.165) is 35.1 Å². The van der Waals surface area contributed by atoms with Crippen LogP contribution in [0.4, 0.5) is 0 Å². The average Bonchev–Trinajstić information content (AvgIpc) is 3.60. The highest BCUT2D eigenvalue weighted by atomic mass is 35.5. The van der Waals surface area contributed by atoms with E-state index in [-0.39, 0.29) is 19.8 Å². The second-order valence-electron chi connectivity index (χ2n) is 14.3. The van der Waals surface area contributed by atoms with Gasteiger partial charge in [0, 0.05) is 42.2 Å². The number of carboxylic acids is 1. The normalized spacial score (nSPS) is 14.7. The molecule has 0 saturated heterocycles. The molecule has 0 amide bonds. The number of benzene rings is 4. The summed E-state index contributed by atoms with van der Waals surface area (Å²) in [5, 5.41) is 32.0. The van der Waals surface area contributed by atoms with Crippen molar-refractivity contribution in [3.05, 3.63) is 135 Å². The quantitative estimate of drug-likeness (QED) is 0.103. The molecule has 1 heterocycles. The molecule has 9 nitrogen and oxygen atoms in total. The highest BCUT2D eigenvalue weighted by Gasteiger charge is 2.32. The fraction of sp³-hybridized carbons (Fsp3) is 0.295. The Hall–Kier alpha value is -5.24. The number of aliphatic hydroxyl groups is 1. The molecule has 0 bridgehead atoms. The number of pyridine rings is 1. The first kappa shape index (κ1) is 38.5. The van der Waals surface area contributed by atoms with E-state index in [1.807, 2.05) is 12.1 Å².